The predicted molar refractivity (Wildman–Crippen MR) is 71.1 cm³/mol. The molecule has 0 amide bonds. The third-order valence-electron chi connectivity index (χ3n) is 2.61. The monoisotopic (exact) mass is 289 g/mol. The van der Waals surface area contributed by atoms with Crippen LogP contribution in [0.5, 0.6) is 5.75 Å². The fraction of sp³-hybridized carbons (Fsp3) is 0.0769. The van der Waals surface area contributed by atoms with Gasteiger partial charge in [0.1, 0.15) is 16.7 Å². The number of hydrogen-bond donors (Lipinski definition) is 2. The first-order valence-electron chi connectivity index (χ1n) is 5.66. The van der Waals surface area contributed by atoms with Crippen molar-refractivity contribution in [3.05, 3.63) is 53.9 Å². The van der Waals surface area contributed by atoms with Gasteiger partial charge in [-0.1, -0.05) is 18.2 Å². The number of aromatic nitrogens is 1. The SMILES string of the molecule is N#Cc1ncccc1S(=O)(=O)NCc1ccccc1O. The first-order chi connectivity index (χ1) is 9.54. The number of nitriles is 1. The number of sulfonamides is 1. The van der Waals surface area contributed by atoms with Crippen LogP contribution in [0.2, 0.25) is 0 Å². The summed E-state index contributed by atoms with van der Waals surface area (Å²) in [5, 5.41) is 18.4. The molecule has 102 valence electrons. The molecule has 1 aromatic carbocycles. The highest BCUT2D eigenvalue weighted by Gasteiger charge is 2.19. The van der Waals surface area contributed by atoms with Crippen molar-refractivity contribution >= 4 is 10.0 Å². The van der Waals surface area contributed by atoms with Gasteiger partial charge in [-0.2, -0.15) is 5.26 Å². The Morgan fingerprint density at radius 2 is 2.00 bits per heavy atom. The second-order valence-corrected chi connectivity index (χ2v) is 5.65. The number of para-hydroxylation sites is 1. The lowest BCUT2D eigenvalue weighted by Gasteiger charge is -2.08. The van der Waals surface area contributed by atoms with Crippen molar-refractivity contribution in [2.75, 3.05) is 0 Å². The first-order valence-corrected chi connectivity index (χ1v) is 7.14. The van der Waals surface area contributed by atoms with Gasteiger partial charge in [0, 0.05) is 18.3 Å². The molecule has 0 bridgehead atoms. The summed E-state index contributed by atoms with van der Waals surface area (Å²) in [6.07, 6.45) is 1.35. The van der Waals surface area contributed by atoms with Crippen molar-refractivity contribution in [1.29, 1.82) is 5.26 Å². The Bertz CT molecular complexity index is 766. The van der Waals surface area contributed by atoms with Crippen LogP contribution in [-0.4, -0.2) is 18.5 Å². The zero-order valence-electron chi connectivity index (χ0n) is 10.3. The molecule has 7 heteroatoms. The summed E-state index contributed by atoms with van der Waals surface area (Å²) in [6.45, 7) is -0.0746. The van der Waals surface area contributed by atoms with Gasteiger partial charge in [0.25, 0.3) is 0 Å². The summed E-state index contributed by atoms with van der Waals surface area (Å²) >= 11 is 0. The minimum atomic E-state index is -3.86. The van der Waals surface area contributed by atoms with E-state index in [-0.39, 0.29) is 22.9 Å². The number of phenolic OH excluding ortho intramolecular Hbond substituents is 1. The number of pyridine rings is 1. The van der Waals surface area contributed by atoms with Gasteiger partial charge in [-0.05, 0) is 18.2 Å². The van der Waals surface area contributed by atoms with E-state index >= 15 is 0 Å². The van der Waals surface area contributed by atoms with Gasteiger partial charge in [-0.15, -0.1) is 0 Å². The van der Waals surface area contributed by atoms with Gasteiger partial charge >= 0.3 is 0 Å². The van der Waals surface area contributed by atoms with E-state index in [4.69, 9.17) is 5.26 Å². The number of aromatic hydroxyl groups is 1. The summed E-state index contributed by atoms with van der Waals surface area (Å²) < 4.78 is 26.6. The highest BCUT2D eigenvalue weighted by Crippen LogP contribution is 2.17. The van der Waals surface area contributed by atoms with Gasteiger partial charge in [0.05, 0.1) is 0 Å². The van der Waals surface area contributed by atoms with Crippen LogP contribution in [0.1, 0.15) is 11.3 Å². The zero-order chi connectivity index (χ0) is 14.6. The Morgan fingerprint density at radius 3 is 2.70 bits per heavy atom. The molecular formula is C13H11N3O3S. The van der Waals surface area contributed by atoms with E-state index in [1.165, 1.54) is 24.4 Å². The topological polar surface area (TPSA) is 103 Å². The largest absolute Gasteiger partial charge is 0.508 e. The van der Waals surface area contributed by atoms with Crippen LogP contribution >= 0.6 is 0 Å². The number of hydrogen-bond acceptors (Lipinski definition) is 5. The van der Waals surface area contributed by atoms with Crippen LogP contribution in [0.3, 0.4) is 0 Å². The highest BCUT2D eigenvalue weighted by atomic mass is 32.2. The molecule has 0 fully saturated rings. The predicted octanol–water partition coefficient (Wildman–Crippen LogP) is 1.14. The van der Waals surface area contributed by atoms with E-state index in [1.54, 1.807) is 24.3 Å². The molecule has 2 rings (SSSR count). The zero-order valence-corrected chi connectivity index (χ0v) is 11.1. The average Bonchev–Trinajstić information content (AvgIpc) is 2.46. The highest BCUT2D eigenvalue weighted by molar-refractivity contribution is 7.89. The fourth-order valence-electron chi connectivity index (χ4n) is 1.60. The summed E-state index contributed by atoms with van der Waals surface area (Å²) in [6, 6.07) is 10.9. The lowest BCUT2D eigenvalue weighted by atomic mass is 10.2. The smallest absolute Gasteiger partial charge is 0.243 e. The maximum atomic E-state index is 12.1. The number of nitrogens with zero attached hydrogens (tertiary/aromatic N) is 2. The standard InChI is InChI=1S/C13H11N3O3S/c14-8-11-13(6-3-7-15-11)20(18,19)16-9-10-4-1-2-5-12(10)17/h1-7,16-17H,9H2. The van der Waals surface area contributed by atoms with Crippen molar-refractivity contribution in [3.8, 4) is 11.8 Å². The third-order valence-corrected chi connectivity index (χ3v) is 4.04. The molecule has 0 aliphatic rings. The molecule has 20 heavy (non-hydrogen) atoms. The minimum absolute atomic E-state index is 0.00175. The number of phenols is 1. The lowest BCUT2D eigenvalue weighted by Crippen LogP contribution is -2.24. The van der Waals surface area contributed by atoms with E-state index in [0.29, 0.717) is 5.56 Å². The van der Waals surface area contributed by atoms with Crippen LogP contribution in [0.25, 0.3) is 0 Å². The van der Waals surface area contributed by atoms with Crippen LogP contribution in [0.4, 0.5) is 0 Å². The molecule has 0 spiro atoms. The molecule has 0 aliphatic heterocycles. The second-order valence-electron chi connectivity index (χ2n) is 3.92. The molecule has 6 nitrogen and oxygen atoms in total. The second kappa shape index (κ2) is 5.69. The molecule has 0 unspecified atom stereocenters. The van der Waals surface area contributed by atoms with Gasteiger partial charge in [0.15, 0.2) is 5.69 Å². The lowest BCUT2D eigenvalue weighted by molar-refractivity contribution is 0.467. The van der Waals surface area contributed by atoms with E-state index in [2.05, 4.69) is 9.71 Å². The number of benzene rings is 1. The molecule has 0 saturated carbocycles. The van der Waals surface area contributed by atoms with Crippen molar-refractivity contribution < 1.29 is 13.5 Å². The van der Waals surface area contributed by atoms with E-state index in [1.807, 2.05) is 0 Å². The Hall–Kier alpha value is -2.43. The molecule has 0 radical (unpaired) electrons. The van der Waals surface area contributed by atoms with E-state index < -0.39 is 10.0 Å². The quantitative estimate of drug-likeness (QED) is 0.878. The summed E-state index contributed by atoms with van der Waals surface area (Å²) in [5.74, 6) is 0.00175. The summed E-state index contributed by atoms with van der Waals surface area (Å²) in [5.41, 5.74) is 0.274. The normalized spacial score (nSPS) is 10.9. The maximum absolute atomic E-state index is 12.1. The van der Waals surface area contributed by atoms with E-state index in [0.717, 1.165) is 0 Å². The van der Waals surface area contributed by atoms with Crippen LogP contribution in [-0.2, 0) is 16.6 Å². The Morgan fingerprint density at radius 1 is 1.25 bits per heavy atom. The van der Waals surface area contributed by atoms with Crippen molar-refractivity contribution in [3.63, 3.8) is 0 Å². The fourth-order valence-corrected chi connectivity index (χ4v) is 2.71. The molecule has 1 heterocycles. The molecule has 2 N–H and O–H groups in total. The molecule has 2 aromatic rings. The Balaban J connectivity index is 2.25. The third kappa shape index (κ3) is 2.93. The summed E-state index contributed by atoms with van der Waals surface area (Å²) in [7, 11) is -3.86. The molecule has 1 aromatic heterocycles. The van der Waals surface area contributed by atoms with Crippen LogP contribution in [0.15, 0.2) is 47.5 Å². The number of nitrogens with one attached hydrogen (secondary N) is 1. The number of rotatable bonds is 4. The molecule has 0 aliphatic carbocycles. The molecule has 0 atom stereocenters. The van der Waals surface area contributed by atoms with Gasteiger partial charge in [0.2, 0.25) is 10.0 Å². The maximum Gasteiger partial charge on any atom is 0.243 e. The van der Waals surface area contributed by atoms with Crippen molar-refractivity contribution in [2.24, 2.45) is 0 Å². The van der Waals surface area contributed by atoms with Crippen molar-refractivity contribution in [2.45, 2.75) is 11.4 Å². The molecular weight excluding hydrogens is 278 g/mol. The minimum Gasteiger partial charge on any atom is -0.508 e. The van der Waals surface area contributed by atoms with Crippen LogP contribution < -0.4 is 4.72 Å². The summed E-state index contributed by atoms with van der Waals surface area (Å²) in [4.78, 5) is 3.52. The first kappa shape index (κ1) is 14.0. The van der Waals surface area contributed by atoms with Gasteiger partial charge in [-0.3, -0.25) is 0 Å². The van der Waals surface area contributed by atoms with Gasteiger partial charge in [-0.25, -0.2) is 18.1 Å². The Labute approximate surface area is 116 Å². The average molecular weight is 289 g/mol. The van der Waals surface area contributed by atoms with Crippen molar-refractivity contribution in [1.82, 2.24) is 9.71 Å². The van der Waals surface area contributed by atoms with Gasteiger partial charge < -0.3 is 5.11 Å². The van der Waals surface area contributed by atoms with E-state index in [9.17, 15) is 13.5 Å². The molecule has 0 saturated heterocycles. The van der Waals surface area contributed by atoms with Crippen LogP contribution in [0, 0.1) is 11.3 Å². The Kier molecular flexibility index (Phi) is 3.98.